The van der Waals surface area contributed by atoms with Crippen LogP contribution in [0, 0.1) is 5.92 Å². The van der Waals surface area contributed by atoms with Crippen LogP contribution in [-0.2, 0) is 25.5 Å². The Morgan fingerprint density at radius 1 is 1.48 bits per heavy atom. The fourth-order valence-electron chi connectivity index (χ4n) is 2.60. The summed E-state index contributed by atoms with van der Waals surface area (Å²) in [5.41, 5.74) is -0.478. The summed E-state index contributed by atoms with van der Waals surface area (Å²) < 4.78 is 17.3. The fourth-order valence-corrected chi connectivity index (χ4v) is 2.79. The third-order valence-electron chi connectivity index (χ3n) is 4.19. The van der Waals surface area contributed by atoms with E-state index in [4.69, 9.17) is 25.8 Å². The van der Waals surface area contributed by atoms with Gasteiger partial charge in [-0.05, 0) is 25.7 Å². The van der Waals surface area contributed by atoms with E-state index in [0.717, 1.165) is 4.57 Å². The molecule has 1 aliphatic carbocycles. The van der Waals surface area contributed by atoms with Gasteiger partial charge in [-0.3, -0.25) is 14.2 Å². The van der Waals surface area contributed by atoms with Crippen molar-refractivity contribution in [3.8, 4) is 0 Å². The van der Waals surface area contributed by atoms with Gasteiger partial charge in [0, 0.05) is 6.61 Å². The molecular weight excluding hydrogens is 350 g/mol. The van der Waals surface area contributed by atoms with Crippen molar-refractivity contribution in [2.75, 3.05) is 31.7 Å². The normalized spacial score (nSPS) is 22.8. The minimum Gasteiger partial charge on any atom is -0.465 e. The molecule has 1 N–H and O–H groups in total. The Morgan fingerprint density at radius 3 is 3.00 bits per heavy atom. The van der Waals surface area contributed by atoms with Crippen molar-refractivity contribution < 1.29 is 19.0 Å². The largest absolute Gasteiger partial charge is 0.465 e. The maximum Gasteiger partial charge on any atom is 0.326 e. The minimum absolute atomic E-state index is 0.0767. The van der Waals surface area contributed by atoms with Crippen LogP contribution in [0.15, 0.2) is 11.0 Å². The fraction of sp³-hybridized carbons (Fsp3) is 0.688. The van der Waals surface area contributed by atoms with Gasteiger partial charge < -0.3 is 19.5 Å². The summed E-state index contributed by atoms with van der Waals surface area (Å²) in [6, 6.07) is -0.170. The molecule has 1 aromatic rings. The number of halogens is 1. The summed E-state index contributed by atoms with van der Waals surface area (Å²) in [5, 5.41) is 3.15. The van der Waals surface area contributed by atoms with Crippen molar-refractivity contribution in [3.63, 3.8) is 0 Å². The highest BCUT2D eigenvalue weighted by atomic mass is 35.5. The van der Waals surface area contributed by atoms with Crippen molar-refractivity contribution >= 4 is 23.4 Å². The molecule has 0 unspecified atom stereocenters. The molecule has 0 radical (unpaired) electrons. The molecule has 0 aromatic carbocycles. The van der Waals surface area contributed by atoms with E-state index in [1.54, 1.807) is 6.92 Å². The zero-order valence-corrected chi connectivity index (χ0v) is 14.8. The lowest BCUT2D eigenvalue weighted by Gasteiger charge is -2.20. The van der Waals surface area contributed by atoms with E-state index in [1.807, 2.05) is 0 Å². The number of carbonyl (C=O) groups is 1. The number of rotatable bonds is 8. The van der Waals surface area contributed by atoms with E-state index in [0.29, 0.717) is 25.7 Å². The molecule has 138 valence electrons. The lowest BCUT2D eigenvalue weighted by molar-refractivity contribution is -0.143. The number of anilines is 1. The van der Waals surface area contributed by atoms with Gasteiger partial charge in [-0.2, -0.15) is 0 Å². The van der Waals surface area contributed by atoms with Crippen molar-refractivity contribution in [2.24, 2.45) is 5.92 Å². The van der Waals surface area contributed by atoms with Gasteiger partial charge in [0.05, 0.1) is 32.1 Å². The molecule has 9 heteroatoms. The summed E-state index contributed by atoms with van der Waals surface area (Å²) >= 11 is 6.00. The molecule has 1 aliphatic heterocycles. The standard InChI is InChI=1S/C16H22ClN3O5/c1-2-24-14(21)6-20-13(17)5-18-15(16(20)22)19-11-8-23-9-12(11)25-7-10-3-4-10/h5,10-12H,2-4,6-9H2,1H3,(H,18,19)/t11-,12-/m0/s1. The number of hydrogen-bond acceptors (Lipinski definition) is 7. The predicted octanol–water partition coefficient (Wildman–Crippen LogP) is 1.07. The Morgan fingerprint density at radius 2 is 2.28 bits per heavy atom. The molecule has 25 heavy (non-hydrogen) atoms. The maximum atomic E-state index is 12.6. The molecule has 2 atom stereocenters. The molecule has 3 rings (SSSR count). The number of carbonyl (C=O) groups excluding carboxylic acids is 1. The number of nitrogens with one attached hydrogen (secondary N) is 1. The summed E-state index contributed by atoms with van der Waals surface area (Å²) in [6.07, 6.45) is 3.63. The van der Waals surface area contributed by atoms with Crippen LogP contribution in [0.5, 0.6) is 0 Å². The van der Waals surface area contributed by atoms with Crippen molar-refractivity contribution in [2.45, 2.75) is 38.5 Å². The van der Waals surface area contributed by atoms with Crippen molar-refractivity contribution in [1.82, 2.24) is 9.55 Å². The van der Waals surface area contributed by atoms with Gasteiger partial charge in [0.2, 0.25) is 0 Å². The van der Waals surface area contributed by atoms with Gasteiger partial charge in [0.1, 0.15) is 17.8 Å². The molecule has 0 amide bonds. The Balaban J connectivity index is 1.68. The lowest BCUT2D eigenvalue weighted by Crippen LogP contribution is -2.38. The monoisotopic (exact) mass is 371 g/mol. The van der Waals surface area contributed by atoms with Crippen LogP contribution in [0.1, 0.15) is 19.8 Å². The van der Waals surface area contributed by atoms with E-state index in [2.05, 4.69) is 10.3 Å². The van der Waals surface area contributed by atoms with Gasteiger partial charge in [-0.1, -0.05) is 11.6 Å². The minimum atomic E-state index is -0.529. The number of nitrogens with zero attached hydrogens (tertiary/aromatic N) is 2. The second-order valence-corrected chi connectivity index (χ2v) is 6.62. The Labute approximate surface area is 150 Å². The highest BCUT2D eigenvalue weighted by molar-refractivity contribution is 6.29. The van der Waals surface area contributed by atoms with Crippen LogP contribution in [0.4, 0.5) is 5.82 Å². The molecule has 1 saturated carbocycles. The molecule has 1 aromatic heterocycles. The number of ether oxygens (including phenoxy) is 3. The third kappa shape index (κ3) is 4.71. The van der Waals surface area contributed by atoms with Gasteiger partial charge >= 0.3 is 5.97 Å². The molecule has 0 spiro atoms. The second kappa shape index (κ2) is 8.16. The Kier molecular flexibility index (Phi) is 5.93. The van der Waals surface area contributed by atoms with Gasteiger partial charge in [-0.15, -0.1) is 0 Å². The first-order valence-electron chi connectivity index (χ1n) is 8.45. The average Bonchev–Trinajstić information content (AvgIpc) is 3.31. The highest BCUT2D eigenvalue weighted by Gasteiger charge is 2.32. The number of hydrogen-bond donors (Lipinski definition) is 1. The topological polar surface area (TPSA) is 91.7 Å². The van der Waals surface area contributed by atoms with E-state index in [-0.39, 0.29) is 36.3 Å². The van der Waals surface area contributed by atoms with Crippen LogP contribution in [0.25, 0.3) is 0 Å². The summed E-state index contributed by atoms with van der Waals surface area (Å²) in [7, 11) is 0. The summed E-state index contributed by atoms with van der Waals surface area (Å²) in [6.45, 7) is 3.30. The summed E-state index contributed by atoms with van der Waals surface area (Å²) in [4.78, 5) is 28.3. The molecule has 8 nitrogen and oxygen atoms in total. The summed E-state index contributed by atoms with van der Waals surface area (Å²) in [5.74, 6) is 0.236. The zero-order chi connectivity index (χ0) is 17.8. The smallest absolute Gasteiger partial charge is 0.326 e. The van der Waals surface area contributed by atoms with E-state index < -0.39 is 11.5 Å². The third-order valence-corrected chi connectivity index (χ3v) is 4.49. The van der Waals surface area contributed by atoms with Crippen molar-refractivity contribution in [3.05, 3.63) is 21.7 Å². The molecular formula is C16H22ClN3O5. The highest BCUT2D eigenvalue weighted by Crippen LogP contribution is 2.30. The van der Waals surface area contributed by atoms with Crippen LogP contribution in [0.2, 0.25) is 5.15 Å². The van der Waals surface area contributed by atoms with Crippen LogP contribution in [0.3, 0.4) is 0 Å². The molecule has 2 aliphatic rings. The quantitative estimate of drug-likeness (QED) is 0.683. The number of aromatic nitrogens is 2. The lowest BCUT2D eigenvalue weighted by atomic mass is 10.2. The first-order valence-corrected chi connectivity index (χ1v) is 8.83. The molecule has 1 saturated heterocycles. The van der Waals surface area contributed by atoms with E-state index in [9.17, 15) is 9.59 Å². The first-order chi connectivity index (χ1) is 12.1. The average molecular weight is 372 g/mol. The zero-order valence-electron chi connectivity index (χ0n) is 14.1. The van der Waals surface area contributed by atoms with Crippen molar-refractivity contribution in [1.29, 1.82) is 0 Å². The van der Waals surface area contributed by atoms with Gasteiger partial charge in [-0.25, -0.2) is 4.98 Å². The molecule has 2 fully saturated rings. The van der Waals surface area contributed by atoms with Gasteiger partial charge in [0.25, 0.3) is 5.56 Å². The van der Waals surface area contributed by atoms with Crippen LogP contribution < -0.4 is 10.9 Å². The molecule has 2 heterocycles. The Bertz CT molecular complexity index is 676. The number of esters is 1. The first kappa shape index (κ1) is 18.2. The van der Waals surface area contributed by atoms with Crippen LogP contribution in [-0.4, -0.2) is 54.1 Å². The second-order valence-electron chi connectivity index (χ2n) is 6.23. The maximum absolute atomic E-state index is 12.6. The molecule has 0 bridgehead atoms. The van der Waals surface area contributed by atoms with Gasteiger partial charge in [0.15, 0.2) is 5.82 Å². The Hall–Kier alpha value is -1.64. The van der Waals surface area contributed by atoms with E-state index in [1.165, 1.54) is 19.0 Å². The predicted molar refractivity (Wildman–Crippen MR) is 90.8 cm³/mol. The van der Waals surface area contributed by atoms with E-state index >= 15 is 0 Å². The van der Waals surface area contributed by atoms with Crippen LogP contribution >= 0.6 is 11.6 Å². The SMILES string of the molecule is CCOC(=O)Cn1c(Cl)cnc(N[C@H]2COC[C@@H]2OCC2CC2)c1=O.